The Morgan fingerprint density at radius 3 is 2.40 bits per heavy atom. The van der Waals surface area contributed by atoms with Crippen molar-refractivity contribution in [1.82, 2.24) is 4.90 Å². The van der Waals surface area contributed by atoms with Gasteiger partial charge in [-0.1, -0.05) is 67.4 Å². The lowest BCUT2D eigenvalue weighted by atomic mass is 9.55. The van der Waals surface area contributed by atoms with Crippen molar-refractivity contribution >= 4 is 22.6 Å². The fourth-order valence-electron chi connectivity index (χ4n) is 9.09. The molecule has 6 unspecified atom stereocenters. The van der Waals surface area contributed by atoms with E-state index in [9.17, 15) is 15.0 Å². The van der Waals surface area contributed by atoms with E-state index in [1.165, 1.54) is 0 Å². The number of allylic oxidation sites excluding steroid dienone is 1. The summed E-state index contributed by atoms with van der Waals surface area (Å²) in [4.78, 5) is 22.0. The zero-order valence-electron chi connectivity index (χ0n) is 34.5. The number of aliphatic hydroxyl groups excluding tert-OH is 2. The lowest BCUT2D eigenvalue weighted by Gasteiger charge is -2.60. The minimum Gasteiger partial charge on any atom is -0.459 e. The van der Waals surface area contributed by atoms with Gasteiger partial charge in [0.2, 0.25) is 5.79 Å². The van der Waals surface area contributed by atoms with Gasteiger partial charge in [0.25, 0.3) is 0 Å². The summed E-state index contributed by atoms with van der Waals surface area (Å²) in [6.45, 7) is 14.9. The van der Waals surface area contributed by atoms with Crippen LogP contribution in [-0.4, -0.2) is 77.3 Å². The van der Waals surface area contributed by atoms with E-state index in [0.717, 1.165) is 59.1 Å². The summed E-state index contributed by atoms with van der Waals surface area (Å²) in [5.41, 5.74) is 2.18. The molecule has 1 heterocycles. The molecule has 308 valence electrons. The summed E-state index contributed by atoms with van der Waals surface area (Å²) in [5, 5.41) is 26.9. The monoisotopic (exact) mass is 782 g/mol. The first-order valence-corrected chi connectivity index (χ1v) is 20.9. The van der Waals surface area contributed by atoms with E-state index in [0.29, 0.717) is 43.7 Å². The average Bonchev–Trinajstić information content (AvgIpc) is 3.19. The number of carbonyl (C=O) groups excluding carboxylic acids is 1. The van der Waals surface area contributed by atoms with Gasteiger partial charge >= 0.3 is 6.09 Å². The minimum absolute atomic E-state index is 0.0972. The Morgan fingerprint density at radius 1 is 0.982 bits per heavy atom. The maximum absolute atomic E-state index is 14.0. The first-order valence-electron chi connectivity index (χ1n) is 20.9. The molecule has 1 saturated carbocycles. The van der Waals surface area contributed by atoms with Crippen LogP contribution in [0.3, 0.4) is 0 Å². The normalized spacial score (nSPS) is 24.5. The molecule has 6 rings (SSSR count). The highest BCUT2D eigenvalue weighted by molar-refractivity contribution is 6.03. The van der Waals surface area contributed by atoms with Gasteiger partial charge in [0.15, 0.2) is 0 Å². The smallest absolute Gasteiger partial charge is 0.410 e. The van der Waals surface area contributed by atoms with Gasteiger partial charge in [0.05, 0.1) is 24.8 Å². The number of rotatable bonds is 18. The van der Waals surface area contributed by atoms with Crippen LogP contribution < -0.4 is 9.47 Å². The second-order valence-electron chi connectivity index (χ2n) is 16.5. The Morgan fingerprint density at radius 2 is 1.70 bits per heavy atom. The molecule has 1 amide bonds. The number of amides is 1. The summed E-state index contributed by atoms with van der Waals surface area (Å²) in [5.74, 6) is 0.389. The molecular formula is C47H62N2O8. The van der Waals surface area contributed by atoms with E-state index < -0.39 is 29.4 Å². The quantitative estimate of drug-likeness (QED) is 0.0744. The van der Waals surface area contributed by atoms with Crippen LogP contribution in [0.1, 0.15) is 97.5 Å². The Labute approximate surface area is 338 Å². The van der Waals surface area contributed by atoms with Gasteiger partial charge in [-0.25, -0.2) is 4.79 Å². The molecule has 2 N–H and O–H groups in total. The third-order valence-electron chi connectivity index (χ3n) is 11.4. The topological polar surface area (TPSA) is 119 Å². The van der Waals surface area contributed by atoms with Gasteiger partial charge < -0.3 is 34.0 Å². The lowest BCUT2D eigenvalue weighted by molar-refractivity contribution is -0.255. The minimum atomic E-state index is -1.34. The molecule has 57 heavy (non-hydrogen) atoms. The van der Waals surface area contributed by atoms with Crippen molar-refractivity contribution < 1.29 is 38.8 Å². The van der Waals surface area contributed by atoms with E-state index in [-0.39, 0.29) is 44.2 Å². The SMILES string of the molecule is C=CCOC12Oc3ccc(Oc4ccc5ccccc5c4)cc3C3C(CCCCO)C(CCCCO)C=C(C(=NOC(C)(C)C)CC1N(CCC)C(=O)OCC)C32. The third kappa shape index (κ3) is 9.35. The number of hydrogen-bond acceptors (Lipinski definition) is 9. The number of oxime groups is 1. The van der Waals surface area contributed by atoms with Gasteiger partial charge in [-0.2, -0.15) is 0 Å². The lowest BCUT2D eigenvalue weighted by Crippen LogP contribution is -2.70. The maximum Gasteiger partial charge on any atom is 0.410 e. The molecular weight excluding hydrogens is 721 g/mol. The van der Waals surface area contributed by atoms with Crippen molar-refractivity contribution in [2.75, 3.05) is 33.0 Å². The second-order valence-corrected chi connectivity index (χ2v) is 16.5. The first-order chi connectivity index (χ1) is 27.6. The van der Waals surface area contributed by atoms with E-state index in [4.69, 9.17) is 28.9 Å². The molecule has 10 nitrogen and oxygen atoms in total. The van der Waals surface area contributed by atoms with E-state index in [1.54, 1.807) is 11.0 Å². The number of hydrogen-bond donors (Lipinski definition) is 2. The highest BCUT2D eigenvalue weighted by atomic mass is 16.7. The summed E-state index contributed by atoms with van der Waals surface area (Å²) in [6.07, 6.45) is 9.43. The van der Waals surface area contributed by atoms with Crippen molar-refractivity contribution in [2.45, 2.75) is 109 Å². The average molecular weight is 783 g/mol. The fraction of sp³-hybridized carbons (Fsp3) is 0.532. The molecule has 0 bridgehead atoms. The van der Waals surface area contributed by atoms with Gasteiger partial charge in [-0.15, -0.1) is 6.58 Å². The maximum atomic E-state index is 14.0. The number of aliphatic hydroxyl groups is 2. The molecule has 6 atom stereocenters. The fourth-order valence-corrected chi connectivity index (χ4v) is 9.09. The predicted molar refractivity (Wildman–Crippen MR) is 224 cm³/mol. The molecule has 1 aliphatic heterocycles. The van der Waals surface area contributed by atoms with Gasteiger partial charge in [-0.05, 0) is 118 Å². The summed E-state index contributed by atoms with van der Waals surface area (Å²) >= 11 is 0. The van der Waals surface area contributed by atoms with Gasteiger partial charge in [-0.3, -0.25) is 4.90 Å². The van der Waals surface area contributed by atoms with Crippen molar-refractivity contribution in [3.63, 3.8) is 0 Å². The van der Waals surface area contributed by atoms with Crippen molar-refractivity contribution in [2.24, 2.45) is 22.9 Å². The number of carbonyl (C=O) groups is 1. The summed E-state index contributed by atoms with van der Waals surface area (Å²) < 4.78 is 26.7. The van der Waals surface area contributed by atoms with E-state index >= 15 is 0 Å². The first kappa shape index (κ1) is 42.2. The zero-order valence-corrected chi connectivity index (χ0v) is 34.5. The molecule has 10 heteroatoms. The standard InChI is InChI=1S/C47H62N2O8/c1-7-24-49(45(52)53-9-3)42-31-40(48-57-46(4,5)6)38-29-34(18-12-14-25-50)37(19-13-15-26-51)43-39-30-36(55-35-21-20-32-16-10-11-17-33(32)28-35)22-23-41(39)56-47(42,44(38)43)54-27-8-2/h8,10-11,16-17,20-23,28-30,34,37,42-44,50-51H,2,7,9,12-15,18-19,24-27,31H2,1,3-6H3. The largest absolute Gasteiger partial charge is 0.459 e. The number of unbranched alkanes of at least 4 members (excludes halogenated alkanes) is 2. The van der Waals surface area contributed by atoms with Crippen molar-refractivity contribution in [3.8, 4) is 17.2 Å². The van der Waals surface area contributed by atoms with Crippen LogP contribution in [0.5, 0.6) is 17.2 Å². The van der Waals surface area contributed by atoms with E-state index in [1.807, 2.05) is 65.0 Å². The second kappa shape index (κ2) is 18.9. The van der Waals surface area contributed by atoms with Crippen LogP contribution in [0.15, 0.2) is 90.1 Å². The third-order valence-corrected chi connectivity index (χ3v) is 11.4. The molecule has 0 saturated heterocycles. The molecule has 2 aliphatic carbocycles. The molecule has 1 fully saturated rings. The highest BCUT2D eigenvalue weighted by Crippen LogP contribution is 2.62. The summed E-state index contributed by atoms with van der Waals surface area (Å²) in [6, 6.07) is 19.7. The molecule has 3 aromatic rings. The number of benzene rings is 3. The van der Waals surface area contributed by atoms with Gasteiger partial charge in [0.1, 0.15) is 28.9 Å². The van der Waals surface area contributed by atoms with Crippen LogP contribution in [0.25, 0.3) is 10.8 Å². The molecule has 3 aliphatic rings. The molecule has 0 spiro atoms. The summed E-state index contributed by atoms with van der Waals surface area (Å²) in [7, 11) is 0. The number of ether oxygens (including phenoxy) is 4. The van der Waals surface area contributed by atoms with Crippen LogP contribution >= 0.6 is 0 Å². The number of nitrogens with zero attached hydrogens (tertiary/aromatic N) is 2. The Balaban J connectivity index is 1.59. The Bertz CT molecular complexity index is 1900. The van der Waals surface area contributed by atoms with Crippen LogP contribution in [-0.2, 0) is 14.3 Å². The molecule has 0 radical (unpaired) electrons. The van der Waals surface area contributed by atoms with Crippen LogP contribution in [0.4, 0.5) is 4.79 Å². The van der Waals surface area contributed by atoms with Crippen molar-refractivity contribution in [1.29, 1.82) is 0 Å². The Kier molecular flexibility index (Phi) is 14.0. The van der Waals surface area contributed by atoms with Crippen molar-refractivity contribution in [3.05, 3.63) is 90.5 Å². The molecule has 3 aromatic carbocycles. The number of fused-ring (bicyclic) bond motifs is 3. The zero-order chi connectivity index (χ0) is 40.6. The van der Waals surface area contributed by atoms with E-state index in [2.05, 4.69) is 43.0 Å². The van der Waals surface area contributed by atoms with Crippen LogP contribution in [0, 0.1) is 17.8 Å². The van der Waals surface area contributed by atoms with Gasteiger partial charge in [0, 0.05) is 37.7 Å². The Hall–Kier alpha value is -4.38. The molecule has 0 aromatic heterocycles. The predicted octanol–water partition coefficient (Wildman–Crippen LogP) is 9.93. The van der Waals surface area contributed by atoms with Crippen LogP contribution in [0.2, 0.25) is 0 Å². The highest BCUT2D eigenvalue weighted by Gasteiger charge is 2.65.